The Bertz CT molecular complexity index is 675. The van der Waals surface area contributed by atoms with Gasteiger partial charge in [0.2, 0.25) is 0 Å². The molecule has 25 heavy (non-hydrogen) atoms. The van der Waals surface area contributed by atoms with Crippen LogP contribution in [0.4, 0.5) is 5.69 Å². The molecule has 0 aliphatic rings. The minimum Gasteiger partial charge on any atom is -0.481 e. The highest BCUT2D eigenvalue weighted by atomic mass is 16.4. The van der Waals surface area contributed by atoms with E-state index in [0.717, 1.165) is 36.1 Å². The summed E-state index contributed by atoms with van der Waals surface area (Å²) < 4.78 is 0. The number of nitrogens with one attached hydrogen (secondary N) is 2. The van der Waals surface area contributed by atoms with E-state index in [1.54, 1.807) is 0 Å². The number of carbonyl (C=O) groups excluding carboxylic acids is 1. The summed E-state index contributed by atoms with van der Waals surface area (Å²) in [6, 6.07) is 7.71. The van der Waals surface area contributed by atoms with Crippen LogP contribution in [-0.2, 0) is 16.0 Å². The predicted octanol–water partition coefficient (Wildman–Crippen LogP) is 3.14. The number of para-hydroxylation sites is 1. The molecule has 1 aromatic carbocycles. The Labute approximate surface area is 148 Å². The van der Waals surface area contributed by atoms with Crippen LogP contribution < -0.4 is 10.6 Å². The van der Waals surface area contributed by atoms with E-state index in [1.807, 2.05) is 38.1 Å². The highest BCUT2D eigenvalue weighted by Crippen LogP contribution is 2.21. The molecule has 1 amide bonds. The van der Waals surface area contributed by atoms with Crippen molar-refractivity contribution < 1.29 is 14.7 Å². The number of benzene rings is 1. The van der Waals surface area contributed by atoms with Crippen LogP contribution in [-0.4, -0.2) is 23.5 Å². The normalized spacial score (nSPS) is 10.8. The van der Waals surface area contributed by atoms with Gasteiger partial charge in [-0.15, -0.1) is 0 Å². The first-order valence-electron chi connectivity index (χ1n) is 8.44. The molecular formula is C19H25N3O3. The zero-order valence-corrected chi connectivity index (χ0v) is 14.8. The molecule has 0 fully saturated rings. The minimum absolute atomic E-state index is 0.0100. The van der Waals surface area contributed by atoms with Crippen LogP contribution in [0.1, 0.15) is 43.7 Å². The second kappa shape index (κ2) is 10.9. The van der Waals surface area contributed by atoms with Crippen molar-refractivity contribution >= 4 is 17.6 Å². The van der Waals surface area contributed by atoms with Gasteiger partial charge in [0.15, 0.2) is 0 Å². The average Bonchev–Trinajstić information content (AvgIpc) is 2.58. The first kappa shape index (κ1) is 20.2. The molecule has 1 rings (SSSR count). The third kappa shape index (κ3) is 7.08. The van der Waals surface area contributed by atoms with Crippen LogP contribution in [0.25, 0.3) is 0 Å². The number of nitriles is 1. The third-order valence-electron chi connectivity index (χ3n) is 3.80. The number of unbranched alkanes of at least 4 members (excludes halogenated alkanes) is 2. The zero-order valence-electron chi connectivity index (χ0n) is 14.8. The highest BCUT2D eigenvalue weighted by Gasteiger charge is 2.12. The number of aryl methyl sites for hydroxylation is 2. The van der Waals surface area contributed by atoms with E-state index < -0.39 is 11.9 Å². The molecule has 0 heterocycles. The Morgan fingerprint density at radius 3 is 2.68 bits per heavy atom. The Kier molecular flexibility index (Phi) is 8.80. The van der Waals surface area contributed by atoms with Gasteiger partial charge in [0.25, 0.3) is 5.91 Å². The third-order valence-corrected chi connectivity index (χ3v) is 3.80. The molecule has 0 radical (unpaired) electrons. The molecule has 0 spiro atoms. The Balaban J connectivity index is 2.55. The molecule has 0 aliphatic heterocycles. The maximum atomic E-state index is 12.3. The molecule has 0 saturated heterocycles. The predicted molar refractivity (Wildman–Crippen MR) is 97.0 cm³/mol. The van der Waals surface area contributed by atoms with Crippen LogP contribution >= 0.6 is 0 Å². The van der Waals surface area contributed by atoms with E-state index in [4.69, 9.17) is 5.11 Å². The van der Waals surface area contributed by atoms with Crippen molar-refractivity contribution in [1.29, 1.82) is 5.26 Å². The van der Waals surface area contributed by atoms with Gasteiger partial charge in [-0.3, -0.25) is 9.59 Å². The summed E-state index contributed by atoms with van der Waals surface area (Å²) in [4.78, 5) is 22.7. The SMILES string of the molecule is CCc1cccc(C)c1NC(=O)/C(C#N)=C\NCCCCCC(=O)O. The first-order valence-corrected chi connectivity index (χ1v) is 8.44. The zero-order chi connectivity index (χ0) is 18.7. The van der Waals surface area contributed by atoms with E-state index in [-0.39, 0.29) is 12.0 Å². The number of hydrogen-bond donors (Lipinski definition) is 3. The van der Waals surface area contributed by atoms with E-state index in [9.17, 15) is 14.9 Å². The fraction of sp³-hybridized carbons (Fsp3) is 0.421. The van der Waals surface area contributed by atoms with Gasteiger partial charge in [-0.05, 0) is 37.3 Å². The lowest BCUT2D eigenvalue weighted by atomic mass is 10.1. The summed E-state index contributed by atoms with van der Waals surface area (Å²) in [7, 11) is 0. The van der Waals surface area contributed by atoms with Crippen molar-refractivity contribution in [2.75, 3.05) is 11.9 Å². The van der Waals surface area contributed by atoms with Gasteiger partial charge in [-0.25, -0.2) is 0 Å². The van der Waals surface area contributed by atoms with Crippen LogP contribution in [0.5, 0.6) is 0 Å². The van der Waals surface area contributed by atoms with Crippen molar-refractivity contribution in [3.05, 3.63) is 41.1 Å². The van der Waals surface area contributed by atoms with Crippen LogP contribution in [0.15, 0.2) is 30.0 Å². The van der Waals surface area contributed by atoms with Crippen LogP contribution in [0, 0.1) is 18.3 Å². The van der Waals surface area contributed by atoms with Crippen molar-refractivity contribution in [2.24, 2.45) is 0 Å². The number of carboxylic acid groups (broad SMARTS) is 1. The number of anilines is 1. The van der Waals surface area contributed by atoms with Crippen molar-refractivity contribution in [1.82, 2.24) is 5.32 Å². The number of aliphatic carboxylic acids is 1. The standard InChI is InChI=1S/C19H25N3O3/c1-3-15-9-7-8-14(2)18(15)22-19(25)16(12-20)13-21-11-6-4-5-10-17(23)24/h7-9,13,21H,3-6,10-11H2,1-2H3,(H,22,25)(H,23,24)/b16-13-. The van der Waals surface area contributed by atoms with Gasteiger partial charge in [-0.2, -0.15) is 5.26 Å². The van der Waals surface area contributed by atoms with Gasteiger partial charge in [0, 0.05) is 24.9 Å². The molecule has 0 saturated carbocycles. The Hall–Kier alpha value is -2.81. The number of carboxylic acids is 1. The molecule has 0 aliphatic carbocycles. The van der Waals surface area contributed by atoms with Gasteiger partial charge in [0.1, 0.15) is 11.6 Å². The highest BCUT2D eigenvalue weighted by molar-refractivity contribution is 6.07. The lowest BCUT2D eigenvalue weighted by Gasteiger charge is -2.12. The number of hydrogen-bond acceptors (Lipinski definition) is 4. The molecule has 0 unspecified atom stereocenters. The van der Waals surface area contributed by atoms with Gasteiger partial charge in [-0.1, -0.05) is 31.5 Å². The first-order chi connectivity index (χ1) is 12.0. The van der Waals surface area contributed by atoms with E-state index in [2.05, 4.69) is 10.6 Å². The molecule has 0 atom stereocenters. The minimum atomic E-state index is -0.793. The average molecular weight is 343 g/mol. The number of rotatable bonds is 10. The quantitative estimate of drug-likeness (QED) is 0.344. The monoisotopic (exact) mass is 343 g/mol. The van der Waals surface area contributed by atoms with Gasteiger partial charge >= 0.3 is 5.97 Å². The lowest BCUT2D eigenvalue weighted by Crippen LogP contribution is -2.18. The Morgan fingerprint density at radius 1 is 1.28 bits per heavy atom. The molecule has 1 aromatic rings. The van der Waals surface area contributed by atoms with Crippen molar-refractivity contribution in [2.45, 2.75) is 46.0 Å². The van der Waals surface area contributed by atoms with E-state index in [0.29, 0.717) is 13.0 Å². The molecule has 0 aromatic heterocycles. The largest absolute Gasteiger partial charge is 0.481 e. The van der Waals surface area contributed by atoms with Crippen LogP contribution in [0.3, 0.4) is 0 Å². The summed E-state index contributed by atoms with van der Waals surface area (Å²) in [5.74, 6) is -1.23. The van der Waals surface area contributed by atoms with Gasteiger partial charge < -0.3 is 15.7 Å². The van der Waals surface area contributed by atoms with Gasteiger partial charge in [0.05, 0.1) is 0 Å². The van der Waals surface area contributed by atoms with E-state index >= 15 is 0 Å². The molecular weight excluding hydrogens is 318 g/mol. The molecule has 6 heteroatoms. The lowest BCUT2D eigenvalue weighted by molar-refractivity contribution is -0.137. The number of carbonyl (C=O) groups is 2. The van der Waals surface area contributed by atoms with Crippen LogP contribution in [0.2, 0.25) is 0 Å². The molecule has 0 bridgehead atoms. The molecule has 134 valence electrons. The van der Waals surface area contributed by atoms with E-state index in [1.165, 1.54) is 6.20 Å². The second-order valence-corrected chi connectivity index (χ2v) is 5.75. The second-order valence-electron chi connectivity index (χ2n) is 5.75. The summed E-state index contributed by atoms with van der Waals surface area (Å²) >= 11 is 0. The maximum absolute atomic E-state index is 12.3. The fourth-order valence-corrected chi connectivity index (χ4v) is 2.39. The molecule has 6 nitrogen and oxygen atoms in total. The number of nitrogens with zero attached hydrogens (tertiary/aromatic N) is 1. The molecule has 3 N–H and O–H groups in total. The maximum Gasteiger partial charge on any atom is 0.303 e. The Morgan fingerprint density at radius 2 is 2.04 bits per heavy atom. The van der Waals surface area contributed by atoms with Crippen molar-refractivity contribution in [3.8, 4) is 6.07 Å². The van der Waals surface area contributed by atoms with Crippen molar-refractivity contribution in [3.63, 3.8) is 0 Å². The summed E-state index contributed by atoms with van der Waals surface area (Å²) in [5, 5.41) is 23.5. The smallest absolute Gasteiger partial charge is 0.303 e. The topological polar surface area (TPSA) is 102 Å². The summed E-state index contributed by atoms with van der Waals surface area (Å²) in [6.07, 6.45) is 4.55. The fourth-order valence-electron chi connectivity index (χ4n) is 2.39. The number of amides is 1. The summed E-state index contributed by atoms with van der Waals surface area (Å²) in [5.41, 5.74) is 2.74. The summed E-state index contributed by atoms with van der Waals surface area (Å²) in [6.45, 7) is 4.51.